The molecule has 0 radical (unpaired) electrons. The van der Waals surface area contributed by atoms with Gasteiger partial charge in [-0.1, -0.05) is 6.07 Å². The third kappa shape index (κ3) is 2.27. The summed E-state index contributed by atoms with van der Waals surface area (Å²) in [5.74, 6) is 0.255. The summed E-state index contributed by atoms with van der Waals surface area (Å²) in [6, 6.07) is 7.01. The van der Waals surface area contributed by atoms with E-state index in [0.29, 0.717) is 0 Å². The van der Waals surface area contributed by atoms with Crippen LogP contribution < -0.4 is 5.32 Å². The number of thiazole rings is 1. The number of phenols is 1. The molecule has 1 aromatic heterocycles. The van der Waals surface area contributed by atoms with Gasteiger partial charge in [-0.15, -0.1) is 11.3 Å². The van der Waals surface area contributed by atoms with Crippen molar-refractivity contribution in [2.45, 2.75) is 13.8 Å². The monoisotopic (exact) mass is 220 g/mol. The molecule has 3 nitrogen and oxygen atoms in total. The van der Waals surface area contributed by atoms with Crippen LogP contribution in [0.2, 0.25) is 0 Å². The second kappa shape index (κ2) is 3.90. The van der Waals surface area contributed by atoms with Gasteiger partial charge in [0.2, 0.25) is 0 Å². The van der Waals surface area contributed by atoms with E-state index in [0.717, 1.165) is 16.5 Å². The zero-order valence-corrected chi connectivity index (χ0v) is 9.43. The Hall–Kier alpha value is -1.55. The lowest BCUT2D eigenvalue weighted by atomic mass is 10.3. The Morgan fingerprint density at radius 3 is 2.73 bits per heavy atom. The van der Waals surface area contributed by atoms with Gasteiger partial charge in [0, 0.05) is 16.6 Å². The maximum Gasteiger partial charge on any atom is 0.187 e. The molecule has 4 heteroatoms. The molecule has 15 heavy (non-hydrogen) atoms. The SMILES string of the molecule is Cc1nc(Nc2cccc(O)c2)sc1C. The highest BCUT2D eigenvalue weighted by molar-refractivity contribution is 7.15. The molecule has 0 aliphatic heterocycles. The Balaban J connectivity index is 2.22. The Morgan fingerprint density at radius 1 is 1.33 bits per heavy atom. The first-order chi connectivity index (χ1) is 7.15. The van der Waals surface area contributed by atoms with E-state index in [-0.39, 0.29) is 5.75 Å². The standard InChI is InChI=1S/C11H12N2OS/c1-7-8(2)15-11(12-7)13-9-4-3-5-10(14)6-9/h3-6,14H,1-2H3,(H,12,13). The Kier molecular flexibility index (Phi) is 2.60. The Morgan fingerprint density at radius 2 is 2.13 bits per heavy atom. The molecule has 2 N–H and O–H groups in total. The number of rotatable bonds is 2. The molecular weight excluding hydrogens is 208 g/mol. The number of nitrogens with zero attached hydrogens (tertiary/aromatic N) is 1. The molecule has 0 saturated heterocycles. The van der Waals surface area contributed by atoms with Crippen molar-refractivity contribution in [2.24, 2.45) is 0 Å². The van der Waals surface area contributed by atoms with Crippen molar-refractivity contribution in [1.29, 1.82) is 0 Å². The van der Waals surface area contributed by atoms with Crippen LogP contribution in [0.3, 0.4) is 0 Å². The summed E-state index contributed by atoms with van der Waals surface area (Å²) in [5, 5.41) is 13.3. The topological polar surface area (TPSA) is 45.2 Å². The zero-order chi connectivity index (χ0) is 10.8. The van der Waals surface area contributed by atoms with E-state index in [9.17, 15) is 5.11 Å². The number of hydrogen-bond acceptors (Lipinski definition) is 4. The number of anilines is 2. The highest BCUT2D eigenvalue weighted by Gasteiger charge is 2.03. The predicted molar refractivity (Wildman–Crippen MR) is 63.0 cm³/mol. The van der Waals surface area contributed by atoms with Crippen LogP contribution in [0.1, 0.15) is 10.6 Å². The average molecular weight is 220 g/mol. The fraction of sp³-hybridized carbons (Fsp3) is 0.182. The van der Waals surface area contributed by atoms with Crippen molar-refractivity contribution in [3.8, 4) is 5.75 Å². The molecule has 0 fully saturated rings. The number of hydrogen-bond donors (Lipinski definition) is 2. The predicted octanol–water partition coefficient (Wildman–Crippen LogP) is 3.21. The van der Waals surface area contributed by atoms with Crippen LogP contribution in [-0.4, -0.2) is 10.1 Å². The zero-order valence-electron chi connectivity index (χ0n) is 8.61. The molecule has 1 aromatic carbocycles. The van der Waals surface area contributed by atoms with E-state index < -0.39 is 0 Å². The number of aromatic hydroxyl groups is 1. The first-order valence-electron chi connectivity index (χ1n) is 4.65. The first kappa shape index (κ1) is 9.98. The molecule has 2 aromatic rings. The van der Waals surface area contributed by atoms with Crippen molar-refractivity contribution in [1.82, 2.24) is 4.98 Å². The highest BCUT2D eigenvalue weighted by Crippen LogP contribution is 2.26. The minimum Gasteiger partial charge on any atom is -0.508 e. The molecular formula is C11H12N2OS. The van der Waals surface area contributed by atoms with Crippen LogP contribution in [0.4, 0.5) is 10.8 Å². The van der Waals surface area contributed by atoms with Gasteiger partial charge < -0.3 is 10.4 Å². The molecule has 0 aliphatic rings. The number of nitrogens with one attached hydrogen (secondary N) is 1. The lowest BCUT2D eigenvalue weighted by Crippen LogP contribution is -1.88. The van der Waals surface area contributed by atoms with Crippen molar-refractivity contribution in [2.75, 3.05) is 5.32 Å². The fourth-order valence-electron chi connectivity index (χ4n) is 1.23. The summed E-state index contributed by atoms with van der Waals surface area (Å²) < 4.78 is 0. The van der Waals surface area contributed by atoms with Crippen molar-refractivity contribution < 1.29 is 5.11 Å². The average Bonchev–Trinajstić information content (AvgIpc) is 2.45. The van der Waals surface area contributed by atoms with Crippen LogP contribution in [0.15, 0.2) is 24.3 Å². The summed E-state index contributed by atoms with van der Waals surface area (Å²) in [6.07, 6.45) is 0. The molecule has 0 aliphatic carbocycles. The van der Waals surface area contributed by atoms with Gasteiger partial charge in [-0.05, 0) is 26.0 Å². The van der Waals surface area contributed by atoms with E-state index >= 15 is 0 Å². The number of benzene rings is 1. The molecule has 0 amide bonds. The molecule has 0 bridgehead atoms. The molecule has 0 saturated carbocycles. The molecule has 78 valence electrons. The first-order valence-corrected chi connectivity index (χ1v) is 5.47. The van der Waals surface area contributed by atoms with Gasteiger partial charge in [0.1, 0.15) is 5.75 Å². The molecule has 2 rings (SSSR count). The lowest BCUT2D eigenvalue weighted by molar-refractivity contribution is 0.475. The van der Waals surface area contributed by atoms with Crippen LogP contribution in [0, 0.1) is 13.8 Å². The quantitative estimate of drug-likeness (QED) is 0.816. The van der Waals surface area contributed by atoms with Gasteiger partial charge >= 0.3 is 0 Å². The van der Waals surface area contributed by atoms with E-state index in [2.05, 4.69) is 10.3 Å². The molecule has 0 atom stereocenters. The van der Waals surface area contributed by atoms with Gasteiger partial charge in [-0.3, -0.25) is 0 Å². The Labute approximate surface area is 92.4 Å². The summed E-state index contributed by atoms with van der Waals surface area (Å²) in [6.45, 7) is 4.03. The van der Waals surface area contributed by atoms with E-state index in [1.54, 1.807) is 29.5 Å². The second-order valence-corrected chi connectivity index (χ2v) is 4.54. The van der Waals surface area contributed by atoms with Crippen molar-refractivity contribution >= 4 is 22.2 Å². The number of aryl methyl sites for hydroxylation is 2. The third-order valence-corrected chi connectivity index (χ3v) is 3.11. The van der Waals surface area contributed by atoms with Crippen LogP contribution >= 0.6 is 11.3 Å². The van der Waals surface area contributed by atoms with Gasteiger partial charge in [0.25, 0.3) is 0 Å². The molecule has 0 spiro atoms. The number of aromatic nitrogens is 1. The summed E-state index contributed by atoms with van der Waals surface area (Å²) >= 11 is 1.61. The van der Waals surface area contributed by atoms with E-state index in [1.165, 1.54) is 4.88 Å². The summed E-state index contributed by atoms with van der Waals surface area (Å²) in [4.78, 5) is 5.57. The van der Waals surface area contributed by atoms with Crippen LogP contribution in [-0.2, 0) is 0 Å². The highest BCUT2D eigenvalue weighted by atomic mass is 32.1. The van der Waals surface area contributed by atoms with Crippen molar-refractivity contribution in [3.63, 3.8) is 0 Å². The van der Waals surface area contributed by atoms with E-state index in [4.69, 9.17) is 0 Å². The normalized spacial score (nSPS) is 10.3. The largest absolute Gasteiger partial charge is 0.508 e. The fourth-order valence-corrected chi connectivity index (χ4v) is 2.07. The maximum atomic E-state index is 9.29. The smallest absolute Gasteiger partial charge is 0.187 e. The van der Waals surface area contributed by atoms with Crippen molar-refractivity contribution in [3.05, 3.63) is 34.8 Å². The van der Waals surface area contributed by atoms with Gasteiger partial charge in [-0.25, -0.2) is 4.98 Å². The minimum absolute atomic E-state index is 0.255. The third-order valence-electron chi connectivity index (χ3n) is 2.13. The minimum atomic E-state index is 0.255. The van der Waals surface area contributed by atoms with Crippen LogP contribution in [0.25, 0.3) is 0 Å². The summed E-state index contributed by atoms with van der Waals surface area (Å²) in [5.41, 5.74) is 1.89. The maximum absolute atomic E-state index is 9.29. The van der Waals surface area contributed by atoms with Gasteiger partial charge in [-0.2, -0.15) is 0 Å². The van der Waals surface area contributed by atoms with Gasteiger partial charge in [0.05, 0.1) is 5.69 Å². The number of phenolic OH excluding ortho intramolecular Hbond substituents is 1. The lowest BCUT2D eigenvalue weighted by Gasteiger charge is -2.01. The van der Waals surface area contributed by atoms with Crippen LogP contribution in [0.5, 0.6) is 5.75 Å². The van der Waals surface area contributed by atoms with E-state index in [1.807, 2.05) is 19.9 Å². The van der Waals surface area contributed by atoms with Gasteiger partial charge in [0.15, 0.2) is 5.13 Å². The second-order valence-electron chi connectivity index (χ2n) is 3.34. The molecule has 1 heterocycles. The Bertz CT molecular complexity index is 460. The molecule has 0 unspecified atom stereocenters. The summed E-state index contributed by atoms with van der Waals surface area (Å²) in [7, 11) is 0.